The lowest BCUT2D eigenvalue weighted by molar-refractivity contribution is -0.0449. The molecular weight excluding hydrogens is 212 g/mol. The van der Waals surface area contributed by atoms with E-state index in [9.17, 15) is 0 Å². The average Bonchev–Trinajstić information content (AvgIpc) is 2.37. The van der Waals surface area contributed by atoms with Crippen molar-refractivity contribution in [2.24, 2.45) is 0 Å². The molecule has 100 valence electrons. The van der Waals surface area contributed by atoms with Gasteiger partial charge in [0.05, 0.1) is 12.7 Å². The molecular formula is C14H28N2O. The van der Waals surface area contributed by atoms with Crippen molar-refractivity contribution in [3.05, 3.63) is 0 Å². The second kappa shape index (κ2) is 6.72. The van der Waals surface area contributed by atoms with E-state index in [1.807, 2.05) is 0 Å². The molecule has 0 aromatic rings. The summed E-state index contributed by atoms with van der Waals surface area (Å²) in [5.41, 5.74) is 0. The van der Waals surface area contributed by atoms with E-state index in [2.05, 4.69) is 24.1 Å². The molecule has 1 heterocycles. The lowest BCUT2D eigenvalue weighted by Gasteiger charge is -2.43. The molecule has 1 saturated carbocycles. The molecule has 3 unspecified atom stereocenters. The molecule has 3 heteroatoms. The lowest BCUT2D eigenvalue weighted by atomic mass is 9.88. The molecule has 0 amide bonds. The van der Waals surface area contributed by atoms with E-state index in [0.29, 0.717) is 12.1 Å². The molecule has 0 spiro atoms. The molecule has 0 radical (unpaired) electrons. The van der Waals surface area contributed by atoms with Gasteiger partial charge in [-0.3, -0.25) is 4.90 Å². The van der Waals surface area contributed by atoms with Gasteiger partial charge >= 0.3 is 0 Å². The predicted molar refractivity (Wildman–Crippen MR) is 71.3 cm³/mol. The van der Waals surface area contributed by atoms with E-state index in [4.69, 9.17) is 4.74 Å². The van der Waals surface area contributed by atoms with Gasteiger partial charge in [0.1, 0.15) is 0 Å². The van der Waals surface area contributed by atoms with Crippen molar-refractivity contribution in [3.8, 4) is 0 Å². The number of hydrogen-bond acceptors (Lipinski definition) is 3. The highest BCUT2D eigenvalue weighted by Crippen LogP contribution is 2.24. The van der Waals surface area contributed by atoms with Crippen molar-refractivity contribution < 1.29 is 4.74 Å². The zero-order valence-electron chi connectivity index (χ0n) is 11.5. The summed E-state index contributed by atoms with van der Waals surface area (Å²) in [6, 6.07) is 1.47. The number of nitrogens with zero attached hydrogens (tertiary/aromatic N) is 1. The Bertz CT molecular complexity index is 222. The van der Waals surface area contributed by atoms with Crippen molar-refractivity contribution in [2.75, 3.05) is 26.2 Å². The number of morpholine rings is 1. The minimum absolute atomic E-state index is 0.414. The lowest BCUT2D eigenvalue weighted by Crippen LogP contribution is -2.56. The van der Waals surface area contributed by atoms with Gasteiger partial charge in [0.25, 0.3) is 0 Å². The highest BCUT2D eigenvalue weighted by molar-refractivity contribution is 4.89. The Morgan fingerprint density at radius 1 is 1.29 bits per heavy atom. The summed E-state index contributed by atoms with van der Waals surface area (Å²) in [7, 11) is 0. The van der Waals surface area contributed by atoms with Gasteiger partial charge in [-0.1, -0.05) is 19.8 Å². The van der Waals surface area contributed by atoms with Gasteiger partial charge < -0.3 is 10.1 Å². The van der Waals surface area contributed by atoms with Crippen LogP contribution in [0.5, 0.6) is 0 Å². The SMILES string of the molecule is CCCNC1CCCCC1N1CCOC(C)C1. The normalized spacial score (nSPS) is 36.0. The van der Waals surface area contributed by atoms with Gasteiger partial charge in [-0.05, 0) is 32.7 Å². The van der Waals surface area contributed by atoms with Gasteiger partial charge in [-0.2, -0.15) is 0 Å². The number of hydrogen-bond donors (Lipinski definition) is 1. The summed E-state index contributed by atoms with van der Waals surface area (Å²) in [5, 5.41) is 3.75. The summed E-state index contributed by atoms with van der Waals surface area (Å²) >= 11 is 0. The van der Waals surface area contributed by atoms with Crippen molar-refractivity contribution in [2.45, 2.75) is 64.1 Å². The Balaban J connectivity index is 1.90. The molecule has 1 N–H and O–H groups in total. The predicted octanol–water partition coefficient (Wildman–Crippen LogP) is 2.02. The standard InChI is InChI=1S/C14H28N2O/c1-3-8-15-13-6-4-5-7-14(13)16-9-10-17-12(2)11-16/h12-15H,3-11H2,1-2H3. The third-order valence-electron chi connectivity index (χ3n) is 4.13. The Labute approximate surface area is 106 Å². The van der Waals surface area contributed by atoms with Crippen LogP contribution in [0.1, 0.15) is 46.0 Å². The summed E-state index contributed by atoms with van der Waals surface area (Å²) in [4.78, 5) is 2.67. The molecule has 1 aliphatic heterocycles. The summed E-state index contributed by atoms with van der Waals surface area (Å²) in [5.74, 6) is 0. The zero-order chi connectivity index (χ0) is 12.1. The molecule has 0 bridgehead atoms. The van der Waals surface area contributed by atoms with E-state index in [-0.39, 0.29) is 0 Å². The monoisotopic (exact) mass is 240 g/mol. The van der Waals surface area contributed by atoms with Crippen LogP contribution < -0.4 is 5.32 Å². The van der Waals surface area contributed by atoms with Crippen molar-refractivity contribution in [3.63, 3.8) is 0 Å². The second-order valence-electron chi connectivity index (χ2n) is 5.59. The maximum Gasteiger partial charge on any atom is 0.0674 e. The smallest absolute Gasteiger partial charge is 0.0674 e. The fourth-order valence-electron chi connectivity index (χ4n) is 3.26. The summed E-state index contributed by atoms with van der Waals surface area (Å²) in [6.45, 7) is 8.78. The molecule has 2 aliphatic rings. The fraction of sp³-hybridized carbons (Fsp3) is 1.00. The number of rotatable bonds is 4. The fourth-order valence-corrected chi connectivity index (χ4v) is 3.26. The topological polar surface area (TPSA) is 24.5 Å². The molecule has 1 saturated heterocycles. The van der Waals surface area contributed by atoms with E-state index in [0.717, 1.165) is 25.7 Å². The van der Waals surface area contributed by atoms with E-state index in [1.54, 1.807) is 0 Å². The minimum atomic E-state index is 0.414. The first-order valence-corrected chi connectivity index (χ1v) is 7.40. The molecule has 17 heavy (non-hydrogen) atoms. The first-order chi connectivity index (χ1) is 8.31. The number of nitrogens with one attached hydrogen (secondary N) is 1. The molecule has 2 fully saturated rings. The van der Waals surface area contributed by atoms with Gasteiger partial charge in [0.2, 0.25) is 0 Å². The van der Waals surface area contributed by atoms with Gasteiger partial charge in [0, 0.05) is 25.2 Å². The molecule has 0 aromatic heterocycles. The van der Waals surface area contributed by atoms with Crippen LogP contribution in [-0.4, -0.2) is 49.3 Å². The first-order valence-electron chi connectivity index (χ1n) is 7.40. The van der Waals surface area contributed by atoms with Crippen LogP contribution in [0.25, 0.3) is 0 Å². The van der Waals surface area contributed by atoms with Crippen LogP contribution in [0, 0.1) is 0 Å². The Hall–Kier alpha value is -0.120. The van der Waals surface area contributed by atoms with Crippen molar-refractivity contribution in [1.29, 1.82) is 0 Å². The largest absolute Gasteiger partial charge is 0.376 e. The number of ether oxygens (including phenoxy) is 1. The second-order valence-corrected chi connectivity index (χ2v) is 5.59. The molecule has 2 rings (SSSR count). The van der Waals surface area contributed by atoms with Crippen LogP contribution in [0.15, 0.2) is 0 Å². The van der Waals surface area contributed by atoms with Crippen LogP contribution in [0.3, 0.4) is 0 Å². The van der Waals surface area contributed by atoms with E-state index < -0.39 is 0 Å². The van der Waals surface area contributed by atoms with E-state index >= 15 is 0 Å². The minimum Gasteiger partial charge on any atom is -0.376 e. The van der Waals surface area contributed by atoms with Crippen molar-refractivity contribution in [1.82, 2.24) is 10.2 Å². The van der Waals surface area contributed by atoms with Crippen LogP contribution >= 0.6 is 0 Å². The Kier molecular flexibility index (Phi) is 5.26. The van der Waals surface area contributed by atoms with Gasteiger partial charge in [-0.25, -0.2) is 0 Å². The molecule has 3 atom stereocenters. The first kappa shape index (κ1) is 13.3. The molecule has 0 aromatic carbocycles. The maximum atomic E-state index is 5.65. The van der Waals surface area contributed by atoms with E-state index in [1.165, 1.54) is 38.6 Å². The average molecular weight is 240 g/mol. The third kappa shape index (κ3) is 3.67. The van der Waals surface area contributed by atoms with Crippen LogP contribution in [0.4, 0.5) is 0 Å². The quantitative estimate of drug-likeness (QED) is 0.813. The molecule has 3 nitrogen and oxygen atoms in total. The zero-order valence-corrected chi connectivity index (χ0v) is 11.5. The van der Waals surface area contributed by atoms with Gasteiger partial charge in [-0.15, -0.1) is 0 Å². The Morgan fingerprint density at radius 3 is 2.88 bits per heavy atom. The van der Waals surface area contributed by atoms with Gasteiger partial charge in [0.15, 0.2) is 0 Å². The van der Waals surface area contributed by atoms with Crippen LogP contribution in [-0.2, 0) is 4.74 Å². The highest BCUT2D eigenvalue weighted by Gasteiger charge is 2.31. The Morgan fingerprint density at radius 2 is 2.12 bits per heavy atom. The van der Waals surface area contributed by atoms with Crippen LogP contribution in [0.2, 0.25) is 0 Å². The third-order valence-corrected chi connectivity index (χ3v) is 4.13. The maximum absolute atomic E-state index is 5.65. The molecule has 1 aliphatic carbocycles. The summed E-state index contributed by atoms with van der Waals surface area (Å²) < 4.78 is 5.65. The van der Waals surface area contributed by atoms with Crippen molar-refractivity contribution >= 4 is 0 Å². The summed E-state index contributed by atoms with van der Waals surface area (Å²) in [6.07, 6.45) is 7.18. The highest BCUT2D eigenvalue weighted by atomic mass is 16.5.